The van der Waals surface area contributed by atoms with Gasteiger partial charge in [0.1, 0.15) is 23.9 Å². The van der Waals surface area contributed by atoms with E-state index in [9.17, 15) is 4.79 Å². The molecule has 16 heavy (non-hydrogen) atoms. The third-order valence-electron chi connectivity index (χ3n) is 2.82. The summed E-state index contributed by atoms with van der Waals surface area (Å²) < 4.78 is 0. The molecule has 4 nitrogen and oxygen atoms in total. The molecular weight excluding hydrogens is 202 g/mol. The maximum atomic E-state index is 10.8. The Bertz CT molecular complexity index is 425. The highest BCUT2D eigenvalue weighted by molar-refractivity contribution is 5.56. The van der Waals surface area contributed by atoms with Gasteiger partial charge in [0, 0.05) is 19.0 Å². The van der Waals surface area contributed by atoms with Crippen LogP contribution in [0.1, 0.15) is 18.5 Å². The Morgan fingerprint density at radius 2 is 2.44 bits per heavy atom. The Labute approximate surface area is 94.5 Å². The number of carbonyl (C=O) groups is 1. The SMILES string of the molecule is N#Cc1cccc(N2CCCC(C=O)C2)n1. The molecule has 1 unspecified atom stereocenters. The van der Waals surface area contributed by atoms with Crippen LogP contribution >= 0.6 is 0 Å². The highest BCUT2D eigenvalue weighted by Gasteiger charge is 2.20. The number of rotatable bonds is 2. The van der Waals surface area contributed by atoms with E-state index >= 15 is 0 Å². The number of nitriles is 1. The normalized spacial score (nSPS) is 20.2. The largest absolute Gasteiger partial charge is 0.356 e. The van der Waals surface area contributed by atoms with Crippen LogP contribution < -0.4 is 4.90 Å². The van der Waals surface area contributed by atoms with Gasteiger partial charge in [-0.25, -0.2) is 4.98 Å². The summed E-state index contributed by atoms with van der Waals surface area (Å²) in [5.74, 6) is 0.895. The fraction of sp³-hybridized carbons (Fsp3) is 0.417. The van der Waals surface area contributed by atoms with Crippen molar-refractivity contribution in [3.05, 3.63) is 23.9 Å². The maximum absolute atomic E-state index is 10.8. The molecule has 0 spiro atoms. The number of nitrogens with zero attached hydrogens (tertiary/aromatic N) is 3. The van der Waals surface area contributed by atoms with Crippen molar-refractivity contribution in [1.82, 2.24) is 4.98 Å². The fourth-order valence-corrected chi connectivity index (χ4v) is 1.99. The molecule has 1 aromatic heterocycles. The molecule has 4 heteroatoms. The zero-order valence-electron chi connectivity index (χ0n) is 8.97. The first-order chi connectivity index (χ1) is 7.83. The summed E-state index contributed by atoms with van der Waals surface area (Å²) >= 11 is 0. The van der Waals surface area contributed by atoms with Gasteiger partial charge in [0.15, 0.2) is 0 Å². The Morgan fingerprint density at radius 3 is 3.19 bits per heavy atom. The van der Waals surface area contributed by atoms with Crippen molar-refractivity contribution >= 4 is 12.1 Å². The second kappa shape index (κ2) is 4.75. The van der Waals surface area contributed by atoms with E-state index in [0.717, 1.165) is 31.5 Å². The van der Waals surface area contributed by atoms with E-state index in [-0.39, 0.29) is 5.92 Å². The van der Waals surface area contributed by atoms with Gasteiger partial charge in [0.25, 0.3) is 0 Å². The van der Waals surface area contributed by atoms with Crippen molar-refractivity contribution in [1.29, 1.82) is 5.26 Å². The predicted molar refractivity (Wildman–Crippen MR) is 60.0 cm³/mol. The highest BCUT2D eigenvalue weighted by atomic mass is 16.1. The molecule has 1 fully saturated rings. The molecule has 0 saturated carbocycles. The van der Waals surface area contributed by atoms with Crippen LogP contribution in [0.5, 0.6) is 0 Å². The fourth-order valence-electron chi connectivity index (χ4n) is 1.99. The molecule has 2 heterocycles. The number of piperidine rings is 1. The third-order valence-corrected chi connectivity index (χ3v) is 2.82. The summed E-state index contributed by atoms with van der Waals surface area (Å²) in [5.41, 5.74) is 0.422. The number of hydrogen-bond donors (Lipinski definition) is 0. The summed E-state index contributed by atoms with van der Waals surface area (Å²) in [6, 6.07) is 7.42. The van der Waals surface area contributed by atoms with E-state index in [1.807, 2.05) is 18.2 Å². The zero-order chi connectivity index (χ0) is 11.4. The van der Waals surface area contributed by atoms with Crippen molar-refractivity contribution < 1.29 is 4.79 Å². The first kappa shape index (κ1) is 10.6. The van der Waals surface area contributed by atoms with Crippen LogP contribution in [-0.2, 0) is 4.79 Å². The molecule has 1 saturated heterocycles. The van der Waals surface area contributed by atoms with Gasteiger partial charge in [0.05, 0.1) is 0 Å². The molecule has 0 amide bonds. The van der Waals surface area contributed by atoms with E-state index in [2.05, 4.69) is 9.88 Å². The van der Waals surface area contributed by atoms with Crippen molar-refractivity contribution in [2.45, 2.75) is 12.8 Å². The van der Waals surface area contributed by atoms with Gasteiger partial charge in [-0.05, 0) is 25.0 Å². The average Bonchev–Trinajstić information content (AvgIpc) is 2.39. The second-order valence-electron chi connectivity index (χ2n) is 3.98. The van der Waals surface area contributed by atoms with Gasteiger partial charge in [0.2, 0.25) is 0 Å². The minimum Gasteiger partial charge on any atom is -0.356 e. The second-order valence-corrected chi connectivity index (χ2v) is 3.98. The van der Waals surface area contributed by atoms with Crippen LogP contribution in [0.25, 0.3) is 0 Å². The van der Waals surface area contributed by atoms with Crippen LogP contribution in [0.3, 0.4) is 0 Å². The molecule has 1 aliphatic heterocycles. The van der Waals surface area contributed by atoms with Crippen LogP contribution in [0.2, 0.25) is 0 Å². The number of aldehydes is 1. The predicted octanol–water partition coefficient (Wildman–Crippen LogP) is 1.37. The molecule has 0 aromatic carbocycles. The lowest BCUT2D eigenvalue weighted by Gasteiger charge is -2.31. The lowest BCUT2D eigenvalue weighted by atomic mass is 10.00. The van der Waals surface area contributed by atoms with Crippen molar-refractivity contribution in [3.8, 4) is 6.07 Å². The van der Waals surface area contributed by atoms with E-state index in [1.165, 1.54) is 0 Å². The van der Waals surface area contributed by atoms with Crippen molar-refractivity contribution in [2.24, 2.45) is 5.92 Å². The zero-order valence-corrected chi connectivity index (χ0v) is 8.97. The van der Waals surface area contributed by atoms with Gasteiger partial charge < -0.3 is 9.69 Å². The van der Waals surface area contributed by atoms with Crippen LogP contribution in [0.4, 0.5) is 5.82 Å². The third kappa shape index (κ3) is 2.19. The average molecular weight is 215 g/mol. The number of pyridine rings is 1. The molecular formula is C12H13N3O. The molecule has 1 aliphatic rings. The standard InChI is InChI=1S/C12H13N3O/c13-7-11-4-1-5-12(14-11)15-6-2-3-10(8-15)9-16/h1,4-5,9-10H,2-3,6,8H2. The van der Waals surface area contributed by atoms with Crippen molar-refractivity contribution in [2.75, 3.05) is 18.0 Å². The van der Waals surface area contributed by atoms with E-state index in [0.29, 0.717) is 12.2 Å². The number of hydrogen-bond acceptors (Lipinski definition) is 4. The number of carbonyl (C=O) groups excluding carboxylic acids is 1. The molecule has 0 N–H and O–H groups in total. The quantitative estimate of drug-likeness (QED) is 0.699. The first-order valence-corrected chi connectivity index (χ1v) is 5.41. The van der Waals surface area contributed by atoms with Crippen LogP contribution in [0.15, 0.2) is 18.2 Å². The Morgan fingerprint density at radius 1 is 1.56 bits per heavy atom. The summed E-state index contributed by atoms with van der Waals surface area (Å²) in [6.45, 7) is 1.62. The van der Waals surface area contributed by atoms with Crippen LogP contribution in [0, 0.1) is 17.2 Å². The molecule has 0 radical (unpaired) electrons. The lowest BCUT2D eigenvalue weighted by Crippen LogP contribution is -2.36. The van der Waals surface area contributed by atoms with Gasteiger partial charge in [-0.15, -0.1) is 0 Å². The van der Waals surface area contributed by atoms with E-state index < -0.39 is 0 Å². The summed E-state index contributed by atoms with van der Waals surface area (Å²) in [4.78, 5) is 17.1. The van der Waals surface area contributed by atoms with Gasteiger partial charge in [-0.1, -0.05) is 6.07 Å². The van der Waals surface area contributed by atoms with Gasteiger partial charge in [-0.3, -0.25) is 0 Å². The molecule has 0 aliphatic carbocycles. The smallest absolute Gasteiger partial charge is 0.142 e. The lowest BCUT2D eigenvalue weighted by molar-refractivity contribution is -0.111. The number of aromatic nitrogens is 1. The summed E-state index contributed by atoms with van der Waals surface area (Å²) in [6.07, 6.45) is 2.97. The summed E-state index contributed by atoms with van der Waals surface area (Å²) in [7, 11) is 0. The van der Waals surface area contributed by atoms with Crippen LogP contribution in [-0.4, -0.2) is 24.4 Å². The van der Waals surface area contributed by atoms with E-state index in [1.54, 1.807) is 6.07 Å². The van der Waals surface area contributed by atoms with Gasteiger partial charge >= 0.3 is 0 Å². The Balaban J connectivity index is 2.17. The van der Waals surface area contributed by atoms with Gasteiger partial charge in [-0.2, -0.15) is 5.26 Å². The maximum Gasteiger partial charge on any atom is 0.142 e. The minimum atomic E-state index is 0.0984. The first-order valence-electron chi connectivity index (χ1n) is 5.41. The molecule has 2 rings (SSSR count). The Kier molecular flexibility index (Phi) is 3.16. The van der Waals surface area contributed by atoms with E-state index in [4.69, 9.17) is 5.26 Å². The molecule has 82 valence electrons. The topological polar surface area (TPSA) is 57.0 Å². The molecule has 0 bridgehead atoms. The monoisotopic (exact) mass is 215 g/mol. The summed E-state index contributed by atoms with van der Waals surface area (Å²) in [5, 5.41) is 8.77. The Hall–Kier alpha value is -1.89. The molecule has 1 atom stereocenters. The van der Waals surface area contributed by atoms with Crippen molar-refractivity contribution in [3.63, 3.8) is 0 Å². The number of anilines is 1. The minimum absolute atomic E-state index is 0.0984. The highest BCUT2D eigenvalue weighted by Crippen LogP contribution is 2.20. The molecule has 1 aromatic rings.